The molecule has 0 radical (unpaired) electrons. The maximum atomic E-state index is 14.0. The quantitative estimate of drug-likeness (QED) is 0.488. The zero-order valence-electron chi connectivity index (χ0n) is 20.8. The lowest BCUT2D eigenvalue weighted by Gasteiger charge is -2.30. The Kier molecular flexibility index (Phi) is 7.42. The summed E-state index contributed by atoms with van der Waals surface area (Å²) in [6.45, 7) is 7.90. The fourth-order valence-electron chi connectivity index (χ4n) is 4.66. The first kappa shape index (κ1) is 25.8. The fraction of sp³-hybridized carbons (Fsp3) is 0.333. The molecule has 1 amide bonds. The lowest BCUT2D eigenvalue weighted by molar-refractivity contribution is -0.120. The van der Waals surface area contributed by atoms with Gasteiger partial charge in [-0.25, -0.2) is 12.8 Å². The number of nitrogens with one attached hydrogen (secondary N) is 1. The van der Waals surface area contributed by atoms with Crippen LogP contribution >= 0.6 is 0 Å². The summed E-state index contributed by atoms with van der Waals surface area (Å²) in [5.41, 5.74) is 4.48. The number of rotatable bonds is 6. The molecule has 1 aliphatic heterocycles. The Morgan fingerprint density at radius 1 is 1.08 bits per heavy atom. The predicted molar refractivity (Wildman–Crippen MR) is 137 cm³/mol. The van der Waals surface area contributed by atoms with Crippen LogP contribution in [0.5, 0.6) is 0 Å². The summed E-state index contributed by atoms with van der Waals surface area (Å²) >= 11 is 0. The lowest BCUT2D eigenvalue weighted by atomic mass is 9.96. The number of hydrogen-bond donors (Lipinski definition) is 1. The Bertz CT molecular complexity index is 1400. The van der Waals surface area contributed by atoms with Gasteiger partial charge in [-0.2, -0.15) is 4.31 Å². The lowest BCUT2D eigenvalue weighted by Crippen LogP contribution is -2.41. The molecule has 1 aromatic heterocycles. The standard InChI is InChI=1S/C27H30FN3O4S/c1-17-15-18(2)25(19(3)16-17)29-27(32)22-11-13-31(14-12-22)36(33,34)26-20(4)30-35-24(26)10-9-21-7-5-6-8-23(21)28/h5-10,15-16,22H,11-14H2,1-4H3,(H,29,32)/b10-9+. The van der Waals surface area contributed by atoms with Gasteiger partial charge < -0.3 is 9.84 Å². The number of benzene rings is 2. The molecule has 1 fully saturated rings. The van der Waals surface area contributed by atoms with E-state index in [1.165, 1.54) is 22.5 Å². The average molecular weight is 512 g/mol. The number of amides is 1. The van der Waals surface area contributed by atoms with Crippen molar-refractivity contribution in [3.8, 4) is 0 Å². The SMILES string of the molecule is Cc1cc(C)c(NC(=O)C2CCN(S(=O)(=O)c3c(C)noc3/C=C/c3ccccc3F)CC2)c(C)c1. The van der Waals surface area contributed by atoms with Gasteiger partial charge in [0.1, 0.15) is 11.5 Å². The number of carbonyl (C=O) groups excluding carboxylic acids is 1. The molecule has 2 aromatic carbocycles. The van der Waals surface area contributed by atoms with Gasteiger partial charge in [0.05, 0.1) is 0 Å². The van der Waals surface area contributed by atoms with Crippen LogP contribution in [0, 0.1) is 39.4 Å². The molecule has 7 nitrogen and oxygen atoms in total. The van der Waals surface area contributed by atoms with Crippen molar-refractivity contribution in [2.75, 3.05) is 18.4 Å². The van der Waals surface area contributed by atoms with Gasteiger partial charge in [0.2, 0.25) is 15.9 Å². The van der Waals surface area contributed by atoms with Crippen molar-refractivity contribution in [1.29, 1.82) is 0 Å². The van der Waals surface area contributed by atoms with Gasteiger partial charge in [0, 0.05) is 30.3 Å². The average Bonchev–Trinajstić information content (AvgIpc) is 3.22. The Labute approximate surface area is 211 Å². The highest BCUT2D eigenvalue weighted by Gasteiger charge is 2.36. The molecule has 1 aliphatic rings. The van der Waals surface area contributed by atoms with Crippen LogP contribution in [0.3, 0.4) is 0 Å². The molecule has 190 valence electrons. The minimum absolute atomic E-state index is 0.0381. The van der Waals surface area contributed by atoms with Gasteiger partial charge in [-0.3, -0.25) is 4.79 Å². The second-order valence-electron chi connectivity index (χ2n) is 9.26. The van der Waals surface area contributed by atoms with Gasteiger partial charge >= 0.3 is 0 Å². The smallest absolute Gasteiger partial charge is 0.248 e. The van der Waals surface area contributed by atoms with Crippen molar-refractivity contribution in [2.24, 2.45) is 5.92 Å². The molecule has 9 heteroatoms. The normalized spacial score (nSPS) is 15.5. The van der Waals surface area contributed by atoms with Crippen LogP contribution in [-0.4, -0.2) is 36.9 Å². The van der Waals surface area contributed by atoms with Gasteiger partial charge in [-0.15, -0.1) is 0 Å². The highest BCUT2D eigenvalue weighted by atomic mass is 32.2. The Morgan fingerprint density at radius 3 is 2.36 bits per heavy atom. The number of hydrogen-bond acceptors (Lipinski definition) is 5. The minimum atomic E-state index is -3.92. The second kappa shape index (κ2) is 10.4. The molecular weight excluding hydrogens is 481 g/mol. The van der Waals surface area contributed by atoms with E-state index in [-0.39, 0.29) is 41.3 Å². The van der Waals surface area contributed by atoms with Crippen LogP contribution in [-0.2, 0) is 14.8 Å². The Hall–Kier alpha value is -3.30. The van der Waals surface area contributed by atoms with Crippen molar-refractivity contribution in [1.82, 2.24) is 9.46 Å². The summed E-state index contributed by atoms with van der Waals surface area (Å²) in [4.78, 5) is 12.9. The zero-order valence-corrected chi connectivity index (χ0v) is 21.7. The van der Waals surface area contributed by atoms with Crippen LogP contribution in [0.2, 0.25) is 0 Å². The molecule has 1 N–H and O–H groups in total. The first-order valence-corrected chi connectivity index (χ1v) is 13.3. The van der Waals surface area contributed by atoms with E-state index in [4.69, 9.17) is 4.52 Å². The second-order valence-corrected chi connectivity index (χ2v) is 11.1. The molecule has 0 spiro atoms. The molecule has 36 heavy (non-hydrogen) atoms. The summed E-state index contributed by atoms with van der Waals surface area (Å²) in [7, 11) is -3.92. The Balaban J connectivity index is 1.47. The maximum Gasteiger partial charge on any atom is 0.248 e. The third kappa shape index (κ3) is 5.27. The number of carbonyl (C=O) groups is 1. The number of nitrogens with zero attached hydrogens (tertiary/aromatic N) is 2. The molecule has 1 saturated heterocycles. The molecule has 3 aromatic rings. The number of aromatic nitrogens is 1. The number of piperidine rings is 1. The van der Waals surface area contributed by atoms with Crippen molar-refractivity contribution < 1.29 is 22.1 Å². The minimum Gasteiger partial charge on any atom is -0.355 e. The number of sulfonamides is 1. The van der Waals surface area contributed by atoms with E-state index in [9.17, 15) is 17.6 Å². The number of aryl methyl sites for hydroxylation is 4. The molecule has 0 bridgehead atoms. The highest BCUT2D eigenvalue weighted by Crippen LogP contribution is 2.30. The zero-order chi connectivity index (χ0) is 26.0. The Morgan fingerprint density at radius 2 is 1.72 bits per heavy atom. The van der Waals surface area contributed by atoms with Crippen LogP contribution in [0.4, 0.5) is 10.1 Å². The van der Waals surface area contributed by atoms with Crippen molar-refractivity contribution in [3.05, 3.63) is 75.9 Å². The number of halogens is 1. The van der Waals surface area contributed by atoms with E-state index in [0.717, 1.165) is 22.4 Å². The molecule has 2 heterocycles. The predicted octanol–water partition coefficient (Wildman–Crippen LogP) is 5.26. The third-order valence-corrected chi connectivity index (χ3v) is 8.56. The molecule has 0 aliphatic carbocycles. The fourth-order valence-corrected chi connectivity index (χ4v) is 6.38. The molecule has 0 atom stereocenters. The third-order valence-electron chi connectivity index (χ3n) is 6.50. The van der Waals surface area contributed by atoms with Crippen LogP contribution in [0.15, 0.2) is 45.8 Å². The van der Waals surface area contributed by atoms with Crippen LogP contribution in [0.25, 0.3) is 12.2 Å². The van der Waals surface area contributed by atoms with E-state index in [2.05, 4.69) is 10.5 Å². The van der Waals surface area contributed by atoms with E-state index in [1.807, 2.05) is 32.9 Å². The molecular formula is C27H30FN3O4S. The first-order chi connectivity index (χ1) is 17.1. The first-order valence-electron chi connectivity index (χ1n) is 11.9. The van der Waals surface area contributed by atoms with Crippen molar-refractivity contribution >= 4 is 33.8 Å². The molecule has 0 unspecified atom stereocenters. The molecule has 0 saturated carbocycles. The van der Waals surface area contributed by atoms with Crippen molar-refractivity contribution in [2.45, 2.75) is 45.4 Å². The summed E-state index contributed by atoms with van der Waals surface area (Å²) in [6, 6.07) is 10.2. The van der Waals surface area contributed by atoms with Gasteiger partial charge in [-0.05, 0) is 69.9 Å². The summed E-state index contributed by atoms with van der Waals surface area (Å²) < 4.78 is 47.5. The van der Waals surface area contributed by atoms with Crippen LogP contribution < -0.4 is 5.32 Å². The van der Waals surface area contributed by atoms with E-state index >= 15 is 0 Å². The topological polar surface area (TPSA) is 92.5 Å². The molecule has 4 rings (SSSR count). The van der Waals surface area contributed by atoms with E-state index in [0.29, 0.717) is 18.4 Å². The summed E-state index contributed by atoms with van der Waals surface area (Å²) in [5, 5.41) is 6.88. The van der Waals surface area contributed by atoms with Crippen molar-refractivity contribution in [3.63, 3.8) is 0 Å². The van der Waals surface area contributed by atoms with E-state index in [1.54, 1.807) is 25.1 Å². The monoisotopic (exact) mass is 511 g/mol. The largest absolute Gasteiger partial charge is 0.355 e. The number of anilines is 1. The van der Waals surface area contributed by atoms with Gasteiger partial charge in [0.25, 0.3) is 0 Å². The van der Waals surface area contributed by atoms with Gasteiger partial charge in [0.15, 0.2) is 10.7 Å². The van der Waals surface area contributed by atoms with Crippen LogP contribution in [0.1, 0.15) is 46.5 Å². The summed E-state index contributed by atoms with van der Waals surface area (Å²) in [5.74, 6) is -0.774. The van der Waals surface area contributed by atoms with E-state index < -0.39 is 15.8 Å². The highest BCUT2D eigenvalue weighted by molar-refractivity contribution is 7.89. The van der Waals surface area contributed by atoms with Gasteiger partial charge in [-0.1, -0.05) is 41.1 Å². The summed E-state index contributed by atoms with van der Waals surface area (Å²) in [6.07, 6.45) is 3.68. The maximum absolute atomic E-state index is 14.0.